The Balaban J connectivity index is 2.26. The largest absolute Gasteiger partial charge is 0.339 e. The van der Waals surface area contributed by atoms with Crippen molar-refractivity contribution < 1.29 is 4.52 Å². The van der Waals surface area contributed by atoms with Gasteiger partial charge in [0.1, 0.15) is 0 Å². The van der Waals surface area contributed by atoms with Gasteiger partial charge in [-0.1, -0.05) is 41.4 Å². The predicted molar refractivity (Wildman–Crippen MR) is 70.2 cm³/mol. The van der Waals surface area contributed by atoms with Crippen LogP contribution in [0.25, 0.3) is 0 Å². The van der Waals surface area contributed by atoms with Crippen molar-refractivity contribution in [1.82, 2.24) is 10.1 Å². The molecule has 2 N–H and O–H groups in total. The molecule has 1 heterocycles. The zero-order valence-corrected chi connectivity index (χ0v) is 11.1. The molecule has 0 aliphatic carbocycles. The molecular formula is C14H19N3O. The Morgan fingerprint density at radius 2 is 1.89 bits per heavy atom. The van der Waals surface area contributed by atoms with E-state index in [0.29, 0.717) is 11.7 Å². The molecule has 1 unspecified atom stereocenters. The second-order valence-electron chi connectivity index (χ2n) is 4.70. The molecule has 18 heavy (non-hydrogen) atoms. The van der Waals surface area contributed by atoms with Crippen molar-refractivity contribution in [2.75, 3.05) is 0 Å². The van der Waals surface area contributed by atoms with Crippen molar-refractivity contribution >= 4 is 0 Å². The Kier molecular flexibility index (Phi) is 3.77. The number of benzene rings is 1. The third-order valence-electron chi connectivity index (χ3n) is 2.83. The van der Waals surface area contributed by atoms with Crippen LogP contribution in [0.5, 0.6) is 0 Å². The fourth-order valence-electron chi connectivity index (χ4n) is 2.05. The number of aromatic nitrogens is 2. The van der Waals surface area contributed by atoms with E-state index in [1.807, 2.05) is 0 Å². The number of nitrogens with two attached hydrogens (primary N) is 1. The fraction of sp³-hybridized carbons (Fsp3) is 0.429. The Hall–Kier alpha value is -1.68. The number of hydrogen-bond acceptors (Lipinski definition) is 4. The second-order valence-corrected chi connectivity index (χ2v) is 4.70. The lowest BCUT2D eigenvalue weighted by Gasteiger charge is -2.09. The fourth-order valence-corrected chi connectivity index (χ4v) is 2.05. The molecule has 4 nitrogen and oxygen atoms in total. The first-order valence-electron chi connectivity index (χ1n) is 6.26. The van der Waals surface area contributed by atoms with Crippen LogP contribution in [0.15, 0.2) is 22.7 Å². The van der Waals surface area contributed by atoms with Crippen molar-refractivity contribution in [2.45, 2.75) is 39.7 Å². The highest BCUT2D eigenvalue weighted by Crippen LogP contribution is 2.20. The topological polar surface area (TPSA) is 64.9 Å². The zero-order chi connectivity index (χ0) is 13.1. The minimum atomic E-state index is -0.321. The molecule has 1 atom stereocenters. The van der Waals surface area contributed by atoms with Gasteiger partial charge >= 0.3 is 0 Å². The molecule has 0 saturated heterocycles. The van der Waals surface area contributed by atoms with Gasteiger partial charge in [0.2, 0.25) is 5.89 Å². The number of rotatable bonds is 4. The van der Waals surface area contributed by atoms with Gasteiger partial charge in [-0.25, -0.2) is 0 Å². The van der Waals surface area contributed by atoms with E-state index in [9.17, 15) is 0 Å². The van der Waals surface area contributed by atoms with Gasteiger partial charge in [-0.05, 0) is 25.8 Å². The van der Waals surface area contributed by atoms with E-state index in [2.05, 4.69) is 49.1 Å². The van der Waals surface area contributed by atoms with Gasteiger partial charge in [-0.2, -0.15) is 4.98 Å². The molecule has 2 aromatic rings. The van der Waals surface area contributed by atoms with Crippen molar-refractivity contribution in [3.8, 4) is 0 Å². The molecule has 1 aromatic heterocycles. The summed E-state index contributed by atoms with van der Waals surface area (Å²) in [6.45, 7) is 6.19. The lowest BCUT2D eigenvalue weighted by atomic mass is 10.0. The highest BCUT2D eigenvalue weighted by Gasteiger charge is 2.16. The Labute approximate surface area is 107 Å². The standard InChI is InChI=1S/C14H19N3O/c1-4-5-12-16-14(17-18-12)13(15)11-7-9(2)6-10(3)8-11/h6-8,13H,4-5,15H2,1-3H3. The predicted octanol–water partition coefficient (Wildman–Crippen LogP) is 2.69. The summed E-state index contributed by atoms with van der Waals surface area (Å²) in [5, 5.41) is 3.96. The second kappa shape index (κ2) is 5.31. The summed E-state index contributed by atoms with van der Waals surface area (Å²) in [5.74, 6) is 1.22. The molecule has 0 aliphatic heterocycles. The van der Waals surface area contributed by atoms with Crippen LogP contribution in [-0.2, 0) is 6.42 Å². The van der Waals surface area contributed by atoms with Gasteiger partial charge in [0.25, 0.3) is 0 Å². The molecular weight excluding hydrogens is 226 g/mol. The van der Waals surface area contributed by atoms with E-state index in [1.165, 1.54) is 11.1 Å². The average Bonchev–Trinajstić information content (AvgIpc) is 2.76. The summed E-state index contributed by atoms with van der Waals surface area (Å²) in [5.41, 5.74) is 9.59. The van der Waals surface area contributed by atoms with Crippen molar-refractivity contribution in [3.63, 3.8) is 0 Å². The minimum absolute atomic E-state index is 0.321. The van der Waals surface area contributed by atoms with E-state index in [4.69, 9.17) is 10.3 Å². The van der Waals surface area contributed by atoms with Gasteiger partial charge in [0, 0.05) is 6.42 Å². The molecule has 0 spiro atoms. The minimum Gasteiger partial charge on any atom is -0.339 e. The first-order valence-corrected chi connectivity index (χ1v) is 6.26. The maximum atomic E-state index is 6.18. The average molecular weight is 245 g/mol. The highest BCUT2D eigenvalue weighted by molar-refractivity contribution is 5.32. The molecule has 0 amide bonds. The first kappa shape index (κ1) is 12.8. The Morgan fingerprint density at radius 3 is 2.50 bits per heavy atom. The maximum absolute atomic E-state index is 6.18. The van der Waals surface area contributed by atoms with E-state index < -0.39 is 0 Å². The van der Waals surface area contributed by atoms with Gasteiger partial charge in [-0.3, -0.25) is 0 Å². The summed E-state index contributed by atoms with van der Waals surface area (Å²) < 4.78 is 5.17. The summed E-state index contributed by atoms with van der Waals surface area (Å²) in [6, 6.07) is 5.92. The summed E-state index contributed by atoms with van der Waals surface area (Å²) in [4.78, 5) is 4.33. The number of nitrogens with zero attached hydrogens (tertiary/aromatic N) is 2. The van der Waals surface area contributed by atoms with Crippen LogP contribution in [0, 0.1) is 13.8 Å². The smallest absolute Gasteiger partial charge is 0.226 e. The van der Waals surface area contributed by atoms with Crippen LogP contribution in [0.2, 0.25) is 0 Å². The van der Waals surface area contributed by atoms with E-state index in [0.717, 1.165) is 18.4 Å². The third kappa shape index (κ3) is 2.76. The first-order chi connectivity index (χ1) is 8.60. The van der Waals surface area contributed by atoms with Crippen molar-refractivity contribution in [2.24, 2.45) is 5.73 Å². The molecule has 4 heteroatoms. The molecule has 1 aromatic carbocycles. The van der Waals surface area contributed by atoms with Crippen molar-refractivity contribution in [3.05, 3.63) is 46.6 Å². The van der Waals surface area contributed by atoms with Crippen LogP contribution in [-0.4, -0.2) is 10.1 Å². The normalized spacial score (nSPS) is 12.7. The molecule has 0 radical (unpaired) electrons. The van der Waals surface area contributed by atoms with E-state index in [1.54, 1.807) is 0 Å². The molecule has 0 fully saturated rings. The third-order valence-corrected chi connectivity index (χ3v) is 2.83. The van der Waals surface area contributed by atoms with Crippen LogP contribution in [0.1, 0.15) is 47.8 Å². The molecule has 0 saturated carbocycles. The van der Waals surface area contributed by atoms with Gasteiger partial charge in [0.05, 0.1) is 6.04 Å². The molecule has 2 rings (SSSR count). The Morgan fingerprint density at radius 1 is 1.22 bits per heavy atom. The molecule has 0 bridgehead atoms. The molecule has 96 valence electrons. The number of hydrogen-bond donors (Lipinski definition) is 1. The van der Waals surface area contributed by atoms with Gasteiger partial charge < -0.3 is 10.3 Å². The highest BCUT2D eigenvalue weighted by atomic mass is 16.5. The van der Waals surface area contributed by atoms with Crippen molar-refractivity contribution in [1.29, 1.82) is 0 Å². The van der Waals surface area contributed by atoms with Gasteiger partial charge in [-0.15, -0.1) is 0 Å². The summed E-state index contributed by atoms with van der Waals surface area (Å²) in [7, 11) is 0. The zero-order valence-electron chi connectivity index (χ0n) is 11.1. The molecule has 0 aliphatic rings. The van der Waals surface area contributed by atoms with E-state index >= 15 is 0 Å². The maximum Gasteiger partial charge on any atom is 0.226 e. The summed E-state index contributed by atoms with van der Waals surface area (Å²) in [6.07, 6.45) is 1.78. The SMILES string of the molecule is CCCc1nc(C(N)c2cc(C)cc(C)c2)no1. The lowest BCUT2D eigenvalue weighted by Crippen LogP contribution is -2.14. The monoisotopic (exact) mass is 245 g/mol. The van der Waals surface area contributed by atoms with Crippen LogP contribution < -0.4 is 5.73 Å². The van der Waals surface area contributed by atoms with Crippen LogP contribution in [0.4, 0.5) is 0 Å². The van der Waals surface area contributed by atoms with Gasteiger partial charge in [0.15, 0.2) is 5.82 Å². The summed E-state index contributed by atoms with van der Waals surface area (Å²) >= 11 is 0. The van der Waals surface area contributed by atoms with Crippen LogP contribution >= 0.6 is 0 Å². The lowest BCUT2D eigenvalue weighted by molar-refractivity contribution is 0.370. The van der Waals surface area contributed by atoms with E-state index in [-0.39, 0.29) is 6.04 Å². The quantitative estimate of drug-likeness (QED) is 0.899. The van der Waals surface area contributed by atoms with Crippen LogP contribution in [0.3, 0.4) is 0 Å². The Bertz CT molecular complexity index is 513. The number of aryl methyl sites for hydroxylation is 3.